The highest BCUT2D eigenvalue weighted by Crippen LogP contribution is 2.40. The molecule has 0 bridgehead atoms. The molecule has 18 heavy (non-hydrogen) atoms. The number of hydrogen-bond acceptors (Lipinski definition) is 3. The second-order valence-corrected chi connectivity index (χ2v) is 5.32. The van der Waals surface area contributed by atoms with Gasteiger partial charge in [-0.25, -0.2) is 0 Å². The van der Waals surface area contributed by atoms with Crippen LogP contribution in [0.2, 0.25) is 0 Å². The van der Waals surface area contributed by atoms with Crippen molar-refractivity contribution in [1.29, 1.82) is 0 Å². The fourth-order valence-electron chi connectivity index (χ4n) is 3.12. The van der Waals surface area contributed by atoms with Crippen molar-refractivity contribution >= 4 is 11.6 Å². The highest BCUT2D eigenvalue weighted by molar-refractivity contribution is 5.98. The Morgan fingerprint density at radius 2 is 2.22 bits per heavy atom. The molecule has 0 aromatic heterocycles. The summed E-state index contributed by atoms with van der Waals surface area (Å²) in [5.41, 5.74) is 1.89. The summed E-state index contributed by atoms with van der Waals surface area (Å²) in [6, 6.07) is 8.01. The lowest BCUT2D eigenvalue weighted by atomic mass is 9.77. The minimum absolute atomic E-state index is 0.140. The summed E-state index contributed by atoms with van der Waals surface area (Å²) < 4.78 is 0. The largest absolute Gasteiger partial charge is 0.395 e. The van der Waals surface area contributed by atoms with Crippen LogP contribution in [0, 0.1) is 5.41 Å². The Labute approximate surface area is 107 Å². The number of aliphatic hydroxyl groups excluding tert-OH is 1. The summed E-state index contributed by atoms with van der Waals surface area (Å²) in [5, 5.41) is 12.0. The third-order valence-corrected chi connectivity index (χ3v) is 4.13. The van der Waals surface area contributed by atoms with Gasteiger partial charge < -0.3 is 10.4 Å². The van der Waals surface area contributed by atoms with Crippen LogP contribution in [0.1, 0.15) is 12.0 Å². The second-order valence-electron chi connectivity index (χ2n) is 5.32. The molecular weight excluding hydrogens is 228 g/mol. The van der Waals surface area contributed by atoms with Crippen molar-refractivity contribution in [2.45, 2.75) is 12.8 Å². The fraction of sp³-hybridized carbons (Fsp3) is 0.500. The number of nitrogens with one attached hydrogen (secondary N) is 1. The van der Waals surface area contributed by atoms with Crippen molar-refractivity contribution in [3.8, 4) is 0 Å². The number of para-hydroxylation sites is 1. The van der Waals surface area contributed by atoms with Crippen molar-refractivity contribution < 1.29 is 9.90 Å². The predicted molar refractivity (Wildman–Crippen MR) is 69.4 cm³/mol. The molecule has 96 valence electrons. The third kappa shape index (κ3) is 1.82. The van der Waals surface area contributed by atoms with E-state index in [2.05, 4.69) is 16.3 Å². The van der Waals surface area contributed by atoms with Crippen LogP contribution in [-0.4, -0.2) is 42.2 Å². The number of rotatable bonds is 2. The first-order chi connectivity index (χ1) is 8.73. The van der Waals surface area contributed by atoms with Gasteiger partial charge in [0.05, 0.1) is 12.0 Å². The van der Waals surface area contributed by atoms with E-state index in [-0.39, 0.29) is 17.9 Å². The predicted octanol–water partition coefficient (Wildman–Crippen LogP) is 0.866. The molecule has 1 saturated heterocycles. The van der Waals surface area contributed by atoms with Crippen molar-refractivity contribution in [3.63, 3.8) is 0 Å². The van der Waals surface area contributed by atoms with Gasteiger partial charge in [0.1, 0.15) is 0 Å². The molecule has 1 atom stereocenters. The van der Waals surface area contributed by atoms with Crippen molar-refractivity contribution in [2.75, 3.05) is 31.6 Å². The number of anilines is 1. The maximum Gasteiger partial charge on any atom is 0.232 e. The molecule has 4 nitrogen and oxygen atoms in total. The first-order valence-corrected chi connectivity index (χ1v) is 6.46. The van der Waals surface area contributed by atoms with Crippen LogP contribution in [0.4, 0.5) is 5.69 Å². The lowest BCUT2D eigenvalue weighted by molar-refractivity contribution is -0.125. The van der Waals surface area contributed by atoms with E-state index in [1.54, 1.807) is 0 Å². The average Bonchev–Trinajstić information content (AvgIpc) is 2.76. The number of aliphatic hydroxyl groups is 1. The maximum absolute atomic E-state index is 12.3. The molecule has 0 saturated carbocycles. The van der Waals surface area contributed by atoms with Gasteiger partial charge >= 0.3 is 0 Å². The number of likely N-dealkylation sites (tertiary alicyclic amines) is 1. The molecular formula is C14H18N2O2. The van der Waals surface area contributed by atoms with Gasteiger partial charge in [0.2, 0.25) is 5.91 Å². The van der Waals surface area contributed by atoms with Gasteiger partial charge in [0.15, 0.2) is 0 Å². The van der Waals surface area contributed by atoms with Gasteiger partial charge in [-0.05, 0) is 31.0 Å². The number of benzene rings is 1. The van der Waals surface area contributed by atoms with Crippen LogP contribution in [0.15, 0.2) is 24.3 Å². The smallest absolute Gasteiger partial charge is 0.232 e. The van der Waals surface area contributed by atoms with Crippen molar-refractivity contribution in [2.24, 2.45) is 5.41 Å². The Balaban J connectivity index is 1.85. The number of nitrogens with zero attached hydrogens (tertiary/aromatic N) is 1. The van der Waals surface area contributed by atoms with Crippen LogP contribution in [-0.2, 0) is 11.2 Å². The first kappa shape index (κ1) is 11.7. The second kappa shape index (κ2) is 4.37. The molecule has 1 aromatic carbocycles. The summed E-state index contributed by atoms with van der Waals surface area (Å²) in [6.45, 7) is 2.48. The Kier molecular flexibility index (Phi) is 2.84. The van der Waals surface area contributed by atoms with Crippen molar-refractivity contribution in [3.05, 3.63) is 29.8 Å². The molecule has 2 aliphatic rings. The molecule has 2 aliphatic heterocycles. The van der Waals surface area contributed by atoms with Crippen molar-refractivity contribution in [1.82, 2.24) is 4.90 Å². The van der Waals surface area contributed by atoms with Crippen LogP contribution >= 0.6 is 0 Å². The zero-order valence-corrected chi connectivity index (χ0v) is 10.4. The zero-order chi connectivity index (χ0) is 12.6. The SMILES string of the molecule is O=C1Nc2ccccc2C[C@]12CCN(CCO)C2. The van der Waals surface area contributed by atoms with Crippen LogP contribution < -0.4 is 5.32 Å². The summed E-state index contributed by atoms with van der Waals surface area (Å²) in [7, 11) is 0. The molecule has 2 heterocycles. The van der Waals surface area contributed by atoms with E-state index in [0.717, 1.165) is 31.6 Å². The molecule has 1 amide bonds. The molecule has 0 aliphatic carbocycles. The average molecular weight is 246 g/mol. The number of fused-ring (bicyclic) bond motifs is 1. The van der Waals surface area contributed by atoms with Crippen LogP contribution in [0.3, 0.4) is 0 Å². The normalized spacial score (nSPS) is 27.3. The highest BCUT2D eigenvalue weighted by Gasteiger charge is 2.46. The first-order valence-electron chi connectivity index (χ1n) is 6.46. The maximum atomic E-state index is 12.3. The van der Waals surface area contributed by atoms with Gasteiger partial charge in [-0.15, -0.1) is 0 Å². The Morgan fingerprint density at radius 3 is 3.06 bits per heavy atom. The minimum Gasteiger partial charge on any atom is -0.395 e. The van der Waals surface area contributed by atoms with E-state index in [1.165, 1.54) is 5.56 Å². The Bertz CT molecular complexity index is 475. The van der Waals surface area contributed by atoms with Crippen LogP contribution in [0.25, 0.3) is 0 Å². The fourth-order valence-corrected chi connectivity index (χ4v) is 3.12. The topological polar surface area (TPSA) is 52.6 Å². The van der Waals surface area contributed by atoms with E-state index in [4.69, 9.17) is 5.11 Å². The summed E-state index contributed by atoms with van der Waals surface area (Å²) in [6.07, 6.45) is 1.70. The van der Waals surface area contributed by atoms with E-state index < -0.39 is 0 Å². The van der Waals surface area contributed by atoms with E-state index in [1.807, 2.05) is 18.2 Å². The van der Waals surface area contributed by atoms with E-state index in [0.29, 0.717) is 6.54 Å². The number of hydrogen-bond donors (Lipinski definition) is 2. The number of carbonyl (C=O) groups is 1. The molecule has 2 N–H and O–H groups in total. The summed E-state index contributed by atoms with van der Waals surface area (Å²) >= 11 is 0. The van der Waals surface area contributed by atoms with Gasteiger partial charge in [-0.1, -0.05) is 18.2 Å². The Morgan fingerprint density at radius 1 is 1.39 bits per heavy atom. The van der Waals surface area contributed by atoms with E-state index >= 15 is 0 Å². The molecule has 1 spiro atoms. The molecule has 0 radical (unpaired) electrons. The lowest BCUT2D eigenvalue weighted by Crippen LogP contribution is -2.44. The monoisotopic (exact) mass is 246 g/mol. The van der Waals surface area contributed by atoms with Crippen LogP contribution in [0.5, 0.6) is 0 Å². The lowest BCUT2D eigenvalue weighted by Gasteiger charge is -2.33. The molecule has 1 aromatic rings. The minimum atomic E-state index is -0.288. The number of carbonyl (C=O) groups excluding carboxylic acids is 1. The quantitative estimate of drug-likeness (QED) is 0.814. The van der Waals surface area contributed by atoms with Gasteiger partial charge in [0, 0.05) is 18.8 Å². The zero-order valence-electron chi connectivity index (χ0n) is 10.4. The number of β-amino-alcohol motifs (C(OH)–C–C–N with tert-alkyl or cyclic N) is 1. The summed E-state index contributed by atoms with van der Waals surface area (Å²) in [5.74, 6) is 0.140. The Hall–Kier alpha value is -1.39. The standard InChI is InChI=1S/C14H18N2O2/c17-8-7-16-6-5-14(10-16)9-11-3-1-2-4-12(11)15-13(14)18/h1-4,17H,5-10H2,(H,15,18)/t14-/m0/s1. The summed E-state index contributed by atoms with van der Waals surface area (Å²) in [4.78, 5) is 14.5. The highest BCUT2D eigenvalue weighted by atomic mass is 16.3. The molecule has 4 heteroatoms. The van der Waals surface area contributed by atoms with E-state index in [9.17, 15) is 4.79 Å². The molecule has 0 unspecified atom stereocenters. The molecule has 3 rings (SSSR count). The van der Waals surface area contributed by atoms with Gasteiger partial charge in [-0.2, -0.15) is 0 Å². The third-order valence-electron chi connectivity index (χ3n) is 4.13. The van der Waals surface area contributed by atoms with Gasteiger partial charge in [-0.3, -0.25) is 9.69 Å². The number of amides is 1. The molecule has 1 fully saturated rings. The van der Waals surface area contributed by atoms with Gasteiger partial charge in [0.25, 0.3) is 0 Å².